The summed E-state index contributed by atoms with van der Waals surface area (Å²) in [5.41, 5.74) is 1.29. The monoisotopic (exact) mass is 397 g/mol. The van der Waals surface area contributed by atoms with Crippen LogP contribution in [0.4, 0.5) is 0 Å². The van der Waals surface area contributed by atoms with Gasteiger partial charge in [-0.25, -0.2) is 0 Å². The van der Waals surface area contributed by atoms with E-state index in [1.54, 1.807) is 24.3 Å². The Balaban J connectivity index is 1.86. The van der Waals surface area contributed by atoms with Crippen molar-refractivity contribution in [1.29, 1.82) is 0 Å². The highest BCUT2D eigenvalue weighted by atomic mass is 35.5. The van der Waals surface area contributed by atoms with Crippen molar-refractivity contribution in [3.05, 3.63) is 69.2 Å². The van der Waals surface area contributed by atoms with Gasteiger partial charge >= 0.3 is 0 Å². The molecule has 28 heavy (non-hydrogen) atoms. The molecule has 1 aliphatic rings. The molecule has 0 saturated carbocycles. The molecule has 0 aromatic heterocycles. The molecule has 1 aliphatic carbocycles. The summed E-state index contributed by atoms with van der Waals surface area (Å²) in [5.74, 6) is -0.471. The van der Waals surface area contributed by atoms with Crippen LogP contribution < -0.4 is 5.32 Å². The van der Waals surface area contributed by atoms with Crippen LogP contribution in [0.1, 0.15) is 81.7 Å². The Kier molecular flexibility index (Phi) is 6.30. The van der Waals surface area contributed by atoms with Gasteiger partial charge in [-0.05, 0) is 24.5 Å². The molecule has 0 heterocycles. The van der Waals surface area contributed by atoms with Crippen LogP contribution in [-0.4, -0.2) is 24.0 Å². The van der Waals surface area contributed by atoms with Crippen molar-refractivity contribution in [3.63, 3.8) is 0 Å². The van der Waals surface area contributed by atoms with Crippen molar-refractivity contribution in [2.24, 2.45) is 5.92 Å². The molecule has 0 bridgehead atoms. The third-order valence-electron chi connectivity index (χ3n) is 5.37. The van der Waals surface area contributed by atoms with Gasteiger partial charge in [-0.2, -0.15) is 0 Å². The average molecular weight is 398 g/mol. The van der Waals surface area contributed by atoms with Gasteiger partial charge in [-0.3, -0.25) is 14.4 Å². The maximum Gasteiger partial charge on any atom is 0.252 e. The summed E-state index contributed by atoms with van der Waals surface area (Å²) in [5, 5.41) is 2.98. The average Bonchev–Trinajstić information content (AvgIpc) is 2.71. The summed E-state index contributed by atoms with van der Waals surface area (Å²) < 4.78 is 0. The molecule has 1 N–H and O–H groups in total. The van der Waals surface area contributed by atoms with E-state index >= 15 is 0 Å². The second kappa shape index (κ2) is 8.70. The molecule has 2 aromatic rings. The second-order valence-electron chi connectivity index (χ2n) is 7.18. The van der Waals surface area contributed by atoms with Crippen LogP contribution in [0.3, 0.4) is 0 Å². The van der Waals surface area contributed by atoms with Gasteiger partial charge in [0.2, 0.25) is 0 Å². The summed E-state index contributed by atoms with van der Waals surface area (Å²) >= 11 is 6.45. The van der Waals surface area contributed by atoms with Gasteiger partial charge in [0, 0.05) is 23.2 Å². The Morgan fingerprint density at radius 1 is 1.00 bits per heavy atom. The summed E-state index contributed by atoms with van der Waals surface area (Å²) in [4.78, 5) is 38.3. The van der Waals surface area contributed by atoms with Crippen LogP contribution in [-0.2, 0) is 0 Å². The molecule has 0 fully saturated rings. The Morgan fingerprint density at radius 2 is 1.68 bits per heavy atom. The molecule has 0 aliphatic heterocycles. The van der Waals surface area contributed by atoms with Crippen LogP contribution in [0.2, 0.25) is 5.02 Å². The fourth-order valence-corrected chi connectivity index (χ4v) is 3.93. The highest BCUT2D eigenvalue weighted by molar-refractivity contribution is 6.41. The molecule has 0 saturated heterocycles. The van der Waals surface area contributed by atoms with Crippen molar-refractivity contribution in [3.8, 4) is 0 Å². The lowest BCUT2D eigenvalue weighted by Gasteiger charge is -2.20. The standard InChI is InChI=1S/C23H24ClNO3/c1-3-5-8-14(4-2)13-25-23(28)18-12-11-17-19(20(18)24)22(27)16-10-7-6-9-15(16)21(17)26/h6-7,9-12,14H,3-5,8,13H2,1-2H3,(H,25,28)/t14-/m0/s1. The number of carbonyl (C=O) groups excluding carboxylic acids is 3. The fourth-order valence-electron chi connectivity index (χ4n) is 3.60. The van der Waals surface area contributed by atoms with Gasteiger partial charge in [0.15, 0.2) is 11.6 Å². The Labute approximate surface area is 170 Å². The summed E-state index contributed by atoms with van der Waals surface area (Å²) in [7, 11) is 0. The molecule has 2 aromatic carbocycles. The number of unbranched alkanes of at least 4 members (excludes halogenated alkanes) is 1. The van der Waals surface area contributed by atoms with Crippen molar-refractivity contribution >= 4 is 29.1 Å². The van der Waals surface area contributed by atoms with E-state index < -0.39 is 0 Å². The Hall–Kier alpha value is -2.46. The molecule has 1 amide bonds. The van der Waals surface area contributed by atoms with Crippen LogP contribution in [0, 0.1) is 5.92 Å². The van der Waals surface area contributed by atoms with Gasteiger partial charge < -0.3 is 5.32 Å². The first-order valence-corrected chi connectivity index (χ1v) is 10.2. The first-order valence-electron chi connectivity index (χ1n) is 9.78. The molecule has 0 spiro atoms. The van der Waals surface area contributed by atoms with Crippen molar-refractivity contribution in [2.75, 3.05) is 6.54 Å². The van der Waals surface area contributed by atoms with E-state index in [0.29, 0.717) is 23.6 Å². The molecular formula is C23H24ClNO3. The van der Waals surface area contributed by atoms with Gasteiger partial charge in [0.1, 0.15) is 0 Å². The van der Waals surface area contributed by atoms with Crippen LogP contribution in [0.25, 0.3) is 0 Å². The van der Waals surface area contributed by atoms with Crippen molar-refractivity contribution < 1.29 is 14.4 Å². The summed E-state index contributed by atoms with van der Waals surface area (Å²) in [6, 6.07) is 9.74. The van der Waals surface area contributed by atoms with Crippen LogP contribution >= 0.6 is 11.6 Å². The van der Waals surface area contributed by atoms with E-state index in [4.69, 9.17) is 11.6 Å². The third-order valence-corrected chi connectivity index (χ3v) is 5.76. The summed E-state index contributed by atoms with van der Waals surface area (Å²) in [6.45, 7) is 4.83. The molecular weight excluding hydrogens is 374 g/mol. The smallest absolute Gasteiger partial charge is 0.252 e. The number of carbonyl (C=O) groups is 3. The highest BCUT2D eigenvalue weighted by Gasteiger charge is 2.33. The van der Waals surface area contributed by atoms with Crippen molar-refractivity contribution in [1.82, 2.24) is 5.32 Å². The molecule has 5 heteroatoms. The molecule has 1 atom stereocenters. The van der Waals surface area contributed by atoms with E-state index in [1.165, 1.54) is 12.1 Å². The number of nitrogens with one attached hydrogen (secondary N) is 1. The van der Waals surface area contributed by atoms with Crippen LogP contribution in [0.5, 0.6) is 0 Å². The highest BCUT2D eigenvalue weighted by Crippen LogP contribution is 2.33. The predicted octanol–water partition coefficient (Wildman–Crippen LogP) is 5.06. The Morgan fingerprint density at radius 3 is 2.32 bits per heavy atom. The minimum atomic E-state index is -0.320. The molecule has 0 unspecified atom stereocenters. The number of rotatable bonds is 7. The van der Waals surface area contributed by atoms with Gasteiger partial charge in [0.05, 0.1) is 16.1 Å². The summed E-state index contributed by atoms with van der Waals surface area (Å²) in [6.07, 6.45) is 4.31. The normalized spacial score (nSPS) is 13.7. The number of halogens is 1. The number of hydrogen-bond acceptors (Lipinski definition) is 3. The quantitative estimate of drug-likeness (QED) is 0.605. The molecule has 4 nitrogen and oxygen atoms in total. The lowest BCUT2D eigenvalue weighted by Crippen LogP contribution is -2.30. The Bertz CT molecular complexity index is 935. The number of fused-ring (bicyclic) bond motifs is 2. The number of benzene rings is 2. The molecule has 0 radical (unpaired) electrons. The first-order chi connectivity index (χ1) is 13.5. The lowest BCUT2D eigenvalue weighted by molar-refractivity contribution is 0.0944. The second-order valence-corrected chi connectivity index (χ2v) is 7.56. The molecule has 146 valence electrons. The van der Waals surface area contributed by atoms with E-state index in [2.05, 4.69) is 19.2 Å². The molecule has 3 rings (SSSR count). The maximum absolute atomic E-state index is 12.9. The predicted molar refractivity (Wildman–Crippen MR) is 110 cm³/mol. The van der Waals surface area contributed by atoms with Crippen molar-refractivity contribution in [2.45, 2.75) is 39.5 Å². The zero-order valence-corrected chi connectivity index (χ0v) is 16.9. The maximum atomic E-state index is 12.9. The SMILES string of the molecule is CCCC[C@H](CC)CNC(=O)c1ccc2c(c1Cl)C(=O)c1ccccc1C2=O. The number of amides is 1. The lowest BCUT2D eigenvalue weighted by atomic mass is 9.83. The van der Waals surface area contributed by atoms with E-state index in [1.807, 2.05) is 0 Å². The number of hydrogen-bond donors (Lipinski definition) is 1. The van der Waals surface area contributed by atoms with Gasteiger partial charge in [-0.1, -0.05) is 69.0 Å². The minimum Gasteiger partial charge on any atom is -0.352 e. The van der Waals surface area contributed by atoms with Crippen LogP contribution in [0.15, 0.2) is 36.4 Å². The third kappa shape index (κ3) is 3.74. The van der Waals surface area contributed by atoms with E-state index in [-0.39, 0.29) is 39.2 Å². The zero-order chi connectivity index (χ0) is 20.3. The fraction of sp³-hybridized carbons (Fsp3) is 0.348. The van der Waals surface area contributed by atoms with Gasteiger partial charge in [0.25, 0.3) is 5.91 Å². The van der Waals surface area contributed by atoms with E-state index in [9.17, 15) is 14.4 Å². The van der Waals surface area contributed by atoms with Gasteiger partial charge in [-0.15, -0.1) is 0 Å². The first kappa shape index (κ1) is 20.3. The topological polar surface area (TPSA) is 63.2 Å². The number of ketones is 2. The minimum absolute atomic E-state index is 0.0458. The van der Waals surface area contributed by atoms with E-state index in [0.717, 1.165) is 25.7 Å². The largest absolute Gasteiger partial charge is 0.352 e. The zero-order valence-electron chi connectivity index (χ0n) is 16.2.